The number of hydrogen-bond donors (Lipinski definition) is 1. The highest BCUT2D eigenvalue weighted by Crippen LogP contribution is 2.11. The molecule has 2 atom stereocenters. The number of piperazine rings is 1. The van der Waals surface area contributed by atoms with Gasteiger partial charge in [0.2, 0.25) is 5.91 Å². The third kappa shape index (κ3) is 5.30. The molecule has 0 saturated carbocycles. The van der Waals surface area contributed by atoms with Crippen LogP contribution in [0.5, 0.6) is 0 Å². The van der Waals surface area contributed by atoms with Gasteiger partial charge in [0, 0.05) is 64.6 Å². The van der Waals surface area contributed by atoms with Crippen LogP contribution >= 0.6 is 0 Å². The maximum atomic E-state index is 12.4. The van der Waals surface area contributed by atoms with Gasteiger partial charge >= 0.3 is 0 Å². The van der Waals surface area contributed by atoms with Gasteiger partial charge in [-0.1, -0.05) is 0 Å². The van der Waals surface area contributed by atoms with Crippen molar-refractivity contribution in [2.75, 3.05) is 39.8 Å². The molecule has 7 nitrogen and oxygen atoms in total. The Labute approximate surface area is 138 Å². The van der Waals surface area contributed by atoms with Crippen LogP contribution in [-0.4, -0.2) is 87.4 Å². The van der Waals surface area contributed by atoms with Crippen LogP contribution < -0.4 is 0 Å². The van der Waals surface area contributed by atoms with Crippen molar-refractivity contribution in [3.63, 3.8) is 0 Å². The maximum Gasteiger partial charge on any atom is 0.236 e. The van der Waals surface area contributed by atoms with E-state index in [1.165, 1.54) is 0 Å². The molecule has 1 aliphatic rings. The lowest BCUT2D eigenvalue weighted by Crippen LogP contribution is -2.55. The van der Waals surface area contributed by atoms with E-state index in [0.717, 1.165) is 25.2 Å². The minimum absolute atomic E-state index is 0.130. The van der Waals surface area contributed by atoms with Gasteiger partial charge in [0.15, 0.2) is 0 Å². The van der Waals surface area contributed by atoms with Crippen molar-refractivity contribution in [3.05, 3.63) is 18.0 Å². The molecule has 2 rings (SSSR count). The van der Waals surface area contributed by atoms with Crippen LogP contribution in [0.1, 0.15) is 19.4 Å². The molecule has 0 spiro atoms. The van der Waals surface area contributed by atoms with Gasteiger partial charge in [0.1, 0.15) is 0 Å². The Morgan fingerprint density at radius 3 is 2.83 bits per heavy atom. The van der Waals surface area contributed by atoms with Crippen LogP contribution in [0.15, 0.2) is 12.4 Å². The number of aryl methyl sites for hydroxylation is 1. The fourth-order valence-electron chi connectivity index (χ4n) is 3.05. The van der Waals surface area contributed by atoms with Crippen molar-refractivity contribution < 1.29 is 9.90 Å². The Kier molecular flexibility index (Phi) is 6.15. The summed E-state index contributed by atoms with van der Waals surface area (Å²) in [7, 11) is 3.71. The monoisotopic (exact) mass is 323 g/mol. The summed E-state index contributed by atoms with van der Waals surface area (Å²) in [5.74, 6) is 0.130. The second-order valence-corrected chi connectivity index (χ2v) is 6.70. The molecule has 1 saturated heterocycles. The SMILES string of the molecule is C[C@@H]1CN(CC(=O)N(C)Cc2cnn(C)c2)CCN1C[C@@H](C)O. The van der Waals surface area contributed by atoms with Crippen molar-refractivity contribution in [2.45, 2.75) is 32.5 Å². The molecule has 1 aromatic rings. The number of nitrogens with zero attached hydrogens (tertiary/aromatic N) is 5. The number of likely N-dealkylation sites (N-methyl/N-ethyl adjacent to an activating group) is 1. The topological polar surface area (TPSA) is 64.8 Å². The molecule has 1 aliphatic heterocycles. The van der Waals surface area contributed by atoms with Gasteiger partial charge in [0.05, 0.1) is 18.8 Å². The zero-order chi connectivity index (χ0) is 17.0. The molecule has 0 aromatic carbocycles. The van der Waals surface area contributed by atoms with Crippen LogP contribution in [0.25, 0.3) is 0 Å². The lowest BCUT2D eigenvalue weighted by Gasteiger charge is -2.40. The number of aromatic nitrogens is 2. The fourth-order valence-corrected chi connectivity index (χ4v) is 3.05. The van der Waals surface area contributed by atoms with Crippen molar-refractivity contribution in [3.8, 4) is 0 Å². The largest absolute Gasteiger partial charge is 0.392 e. The highest BCUT2D eigenvalue weighted by molar-refractivity contribution is 5.78. The molecule has 23 heavy (non-hydrogen) atoms. The number of β-amino-alcohol motifs (C(OH)–C–C–N with tert-alkyl or cyclic N) is 1. The minimum Gasteiger partial charge on any atom is -0.392 e. The average molecular weight is 323 g/mol. The van der Waals surface area contributed by atoms with E-state index in [0.29, 0.717) is 25.7 Å². The molecule has 1 amide bonds. The smallest absolute Gasteiger partial charge is 0.236 e. The van der Waals surface area contributed by atoms with Crippen LogP contribution in [0.2, 0.25) is 0 Å². The molecule has 0 bridgehead atoms. The first kappa shape index (κ1) is 17.9. The Morgan fingerprint density at radius 2 is 2.26 bits per heavy atom. The van der Waals surface area contributed by atoms with E-state index in [1.54, 1.807) is 15.8 Å². The molecule has 1 N–H and O–H groups in total. The lowest BCUT2D eigenvalue weighted by atomic mass is 10.1. The Bertz CT molecular complexity index is 516. The lowest BCUT2D eigenvalue weighted by molar-refractivity contribution is -0.132. The van der Waals surface area contributed by atoms with Gasteiger partial charge in [0.25, 0.3) is 0 Å². The molecule has 0 radical (unpaired) electrons. The van der Waals surface area contributed by atoms with Gasteiger partial charge < -0.3 is 10.0 Å². The zero-order valence-corrected chi connectivity index (χ0v) is 14.6. The summed E-state index contributed by atoms with van der Waals surface area (Å²) >= 11 is 0. The quantitative estimate of drug-likeness (QED) is 0.783. The number of carbonyl (C=O) groups excluding carboxylic acids is 1. The van der Waals surface area contributed by atoms with E-state index >= 15 is 0 Å². The predicted molar refractivity (Wildman–Crippen MR) is 88.8 cm³/mol. The number of hydrogen-bond acceptors (Lipinski definition) is 5. The number of rotatable bonds is 6. The second kappa shape index (κ2) is 7.90. The van der Waals surface area contributed by atoms with E-state index in [1.807, 2.05) is 27.2 Å². The standard InChI is InChI=1S/C16H29N5O2/c1-13-8-20(5-6-21(13)9-14(2)22)12-16(23)18(3)10-15-7-17-19(4)11-15/h7,11,13-14,22H,5-6,8-10,12H2,1-4H3/t13-,14-/m1/s1. The number of amides is 1. The zero-order valence-electron chi connectivity index (χ0n) is 14.6. The number of aliphatic hydroxyl groups excluding tert-OH is 1. The molecule has 7 heteroatoms. The Morgan fingerprint density at radius 1 is 1.52 bits per heavy atom. The maximum absolute atomic E-state index is 12.4. The number of carbonyl (C=O) groups is 1. The first-order chi connectivity index (χ1) is 10.8. The first-order valence-electron chi connectivity index (χ1n) is 8.21. The van der Waals surface area contributed by atoms with Gasteiger partial charge in [-0.15, -0.1) is 0 Å². The molecule has 0 aliphatic carbocycles. The van der Waals surface area contributed by atoms with Crippen molar-refractivity contribution in [1.82, 2.24) is 24.5 Å². The van der Waals surface area contributed by atoms with Crippen LogP contribution in [-0.2, 0) is 18.4 Å². The molecule has 1 fully saturated rings. The van der Waals surface area contributed by atoms with Crippen LogP contribution in [0.4, 0.5) is 0 Å². The predicted octanol–water partition coefficient (Wildman–Crippen LogP) is -0.235. The van der Waals surface area contributed by atoms with Crippen LogP contribution in [0, 0.1) is 0 Å². The van der Waals surface area contributed by atoms with Crippen molar-refractivity contribution in [2.24, 2.45) is 7.05 Å². The second-order valence-electron chi connectivity index (χ2n) is 6.70. The van der Waals surface area contributed by atoms with Gasteiger partial charge in [-0.3, -0.25) is 19.3 Å². The third-order valence-corrected chi connectivity index (χ3v) is 4.31. The van der Waals surface area contributed by atoms with E-state index in [4.69, 9.17) is 0 Å². The van der Waals surface area contributed by atoms with Crippen molar-refractivity contribution in [1.29, 1.82) is 0 Å². The van der Waals surface area contributed by atoms with E-state index < -0.39 is 0 Å². The minimum atomic E-state index is -0.309. The first-order valence-corrected chi connectivity index (χ1v) is 8.21. The molecular formula is C16H29N5O2. The van der Waals surface area contributed by atoms with E-state index in [-0.39, 0.29) is 12.0 Å². The summed E-state index contributed by atoms with van der Waals surface area (Å²) in [5.41, 5.74) is 1.04. The molecule has 0 unspecified atom stereocenters. The summed E-state index contributed by atoms with van der Waals surface area (Å²) in [4.78, 5) is 18.6. The van der Waals surface area contributed by atoms with Gasteiger partial charge in [-0.2, -0.15) is 5.10 Å². The summed E-state index contributed by atoms with van der Waals surface area (Å²) < 4.78 is 1.75. The van der Waals surface area contributed by atoms with E-state index in [9.17, 15) is 9.90 Å². The van der Waals surface area contributed by atoms with Gasteiger partial charge in [-0.05, 0) is 13.8 Å². The van der Waals surface area contributed by atoms with Crippen LogP contribution in [0.3, 0.4) is 0 Å². The summed E-state index contributed by atoms with van der Waals surface area (Å²) in [6.07, 6.45) is 3.41. The molecule has 2 heterocycles. The number of aliphatic hydroxyl groups is 1. The summed E-state index contributed by atoms with van der Waals surface area (Å²) in [6.45, 7) is 8.32. The van der Waals surface area contributed by atoms with E-state index in [2.05, 4.69) is 21.8 Å². The fraction of sp³-hybridized carbons (Fsp3) is 0.750. The normalized spacial score (nSPS) is 21.3. The average Bonchev–Trinajstić information content (AvgIpc) is 2.86. The Hall–Kier alpha value is -1.44. The van der Waals surface area contributed by atoms with Crippen molar-refractivity contribution >= 4 is 5.91 Å². The Balaban J connectivity index is 1.79. The molecule has 130 valence electrons. The van der Waals surface area contributed by atoms with Gasteiger partial charge in [-0.25, -0.2) is 0 Å². The molecule has 1 aromatic heterocycles. The molecular weight excluding hydrogens is 294 g/mol. The third-order valence-electron chi connectivity index (χ3n) is 4.31. The summed E-state index contributed by atoms with van der Waals surface area (Å²) in [5, 5.41) is 13.7. The highest BCUT2D eigenvalue weighted by Gasteiger charge is 2.26. The summed E-state index contributed by atoms with van der Waals surface area (Å²) in [6, 6.07) is 0.356. The highest BCUT2D eigenvalue weighted by atomic mass is 16.3.